The van der Waals surface area contributed by atoms with Crippen LogP contribution >= 0.6 is 11.6 Å². The number of hydrogen-bond donors (Lipinski definition) is 2. The lowest BCUT2D eigenvalue weighted by atomic mass is 10.1. The molecule has 0 saturated heterocycles. The average molecular weight is 467 g/mol. The molecule has 0 atom stereocenters. The van der Waals surface area contributed by atoms with Gasteiger partial charge in [0.2, 0.25) is 5.95 Å². The number of rotatable bonds is 7. The summed E-state index contributed by atoms with van der Waals surface area (Å²) in [6, 6.07) is 7.11. The smallest absolute Gasteiger partial charge is 0.255 e. The van der Waals surface area contributed by atoms with Gasteiger partial charge in [-0.15, -0.1) is 0 Å². The molecule has 2 N–H and O–H groups in total. The number of methoxy groups -OCH3 is 1. The van der Waals surface area contributed by atoms with Crippen molar-refractivity contribution < 1.29 is 9.53 Å². The number of aromatic nitrogens is 6. The third kappa shape index (κ3) is 4.96. The summed E-state index contributed by atoms with van der Waals surface area (Å²) in [4.78, 5) is 21.4. The van der Waals surface area contributed by atoms with Crippen molar-refractivity contribution in [3.05, 3.63) is 59.6 Å². The largest absolute Gasteiger partial charge is 0.495 e. The number of hydrogen-bond acceptors (Lipinski definition) is 7. The summed E-state index contributed by atoms with van der Waals surface area (Å²) in [6.07, 6.45) is 6.68. The summed E-state index contributed by atoms with van der Waals surface area (Å²) < 4.78 is 8.92. The minimum absolute atomic E-state index is 0.218. The van der Waals surface area contributed by atoms with Crippen LogP contribution in [0.15, 0.2) is 49.1 Å². The fourth-order valence-corrected chi connectivity index (χ4v) is 3.29. The van der Waals surface area contributed by atoms with Gasteiger partial charge in [0.15, 0.2) is 0 Å². The van der Waals surface area contributed by atoms with E-state index in [1.807, 2.05) is 30.8 Å². The zero-order valence-electron chi connectivity index (χ0n) is 18.6. The molecule has 3 aromatic heterocycles. The second kappa shape index (κ2) is 9.29. The molecule has 0 aliphatic carbocycles. The van der Waals surface area contributed by atoms with E-state index >= 15 is 0 Å². The predicted octanol–water partition coefficient (Wildman–Crippen LogP) is 4.31. The molecule has 11 heteroatoms. The number of carbonyl (C=O) groups is 1. The van der Waals surface area contributed by atoms with Crippen molar-refractivity contribution in [3.8, 4) is 17.1 Å². The number of amides is 1. The van der Waals surface area contributed by atoms with Crippen molar-refractivity contribution >= 4 is 34.8 Å². The Balaban J connectivity index is 1.56. The van der Waals surface area contributed by atoms with Crippen molar-refractivity contribution in [2.75, 3.05) is 17.7 Å². The number of aryl methyl sites for hydroxylation is 1. The van der Waals surface area contributed by atoms with Crippen LogP contribution < -0.4 is 15.4 Å². The SMILES string of the molecule is COc1cc(C(=O)Nc2cnn(C)c2)ccc1Nc1ncc(Cl)c(-c2ccn(C(C)C)n2)n1. The number of nitrogens with one attached hydrogen (secondary N) is 2. The Kier molecular flexibility index (Phi) is 6.27. The molecule has 4 rings (SSSR count). The van der Waals surface area contributed by atoms with Crippen LogP contribution in [0.2, 0.25) is 5.02 Å². The van der Waals surface area contributed by atoms with Crippen molar-refractivity contribution in [3.63, 3.8) is 0 Å². The second-order valence-corrected chi connectivity index (χ2v) is 7.97. The summed E-state index contributed by atoms with van der Waals surface area (Å²) in [5.74, 6) is 0.496. The summed E-state index contributed by atoms with van der Waals surface area (Å²) >= 11 is 6.33. The Bertz CT molecular complexity index is 1300. The molecular weight excluding hydrogens is 444 g/mol. The fourth-order valence-electron chi connectivity index (χ4n) is 3.10. The van der Waals surface area contributed by atoms with E-state index in [1.54, 1.807) is 42.3 Å². The van der Waals surface area contributed by atoms with Crippen molar-refractivity contribution in [1.82, 2.24) is 29.5 Å². The van der Waals surface area contributed by atoms with Crippen LogP contribution in [0.25, 0.3) is 11.4 Å². The average Bonchev–Trinajstić information content (AvgIpc) is 3.44. The lowest BCUT2D eigenvalue weighted by molar-refractivity contribution is 0.102. The van der Waals surface area contributed by atoms with E-state index in [4.69, 9.17) is 16.3 Å². The van der Waals surface area contributed by atoms with Gasteiger partial charge in [-0.3, -0.25) is 14.2 Å². The zero-order valence-corrected chi connectivity index (χ0v) is 19.3. The van der Waals surface area contributed by atoms with Crippen molar-refractivity contribution in [2.45, 2.75) is 19.9 Å². The van der Waals surface area contributed by atoms with E-state index in [9.17, 15) is 4.79 Å². The van der Waals surface area contributed by atoms with E-state index < -0.39 is 0 Å². The number of anilines is 3. The number of carbonyl (C=O) groups excluding carboxylic acids is 1. The molecular formula is C22H23ClN8O2. The summed E-state index contributed by atoms with van der Waals surface area (Å²) in [5, 5.41) is 14.9. The molecule has 1 amide bonds. The summed E-state index contributed by atoms with van der Waals surface area (Å²) in [5.41, 5.74) is 2.79. The van der Waals surface area contributed by atoms with Gasteiger partial charge in [-0.1, -0.05) is 11.6 Å². The molecule has 0 aliphatic heterocycles. The van der Waals surface area contributed by atoms with Gasteiger partial charge in [0.05, 0.1) is 35.9 Å². The predicted molar refractivity (Wildman–Crippen MR) is 126 cm³/mol. The second-order valence-electron chi connectivity index (χ2n) is 7.56. The standard InChI is InChI=1S/C22H23ClN8O2/c1-13(2)31-8-7-18(29-31)20-16(23)11-24-22(28-20)27-17-6-5-14(9-19(17)33-4)21(32)26-15-10-25-30(3)12-15/h5-13H,1-4H3,(H,26,32)(H,24,27,28). The van der Waals surface area contributed by atoms with E-state index in [-0.39, 0.29) is 11.9 Å². The highest BCUT2D eigenvalue weighted by atomic mass is 35.5. The van der Waals surface area contributed by atoms with Crippen LogP contribution in [0.1, 0.15) is 30.2 Å². The Morgan fingerprint density at radius 2 is 2.03 bits per heavy atom. The summed E-state index contributed by atoms with van der Waals surface area (Å²) in [7, 11) is 3.30. The third-order valence-electron chi connectivity index (χ3n) is 4.80. The molecule has 10 nitrogen and oxygen atoms in total. The summed E-state index contributed by atoms with van der Waals surface area (Å²) in [6.45, 7) is 4.08. The van der Waals surface area contributed by atoms with Gasteiger partial charge in [-0.05, 0) is 38.1 Å². The number of ether oxygens (including phenoxy) is 1. The first-order valence-corrected chi connectivity index (χ1v) is 10.5. The minimum atomic E-state index is -0.279. The number of halogens is 1. The van der Waals surface area contributed by atoms with Crippen LogP contribution in [0.5, 0.6) is 5.75 Å². The van der Waals surface area contributed by atoms with Crippen LogP contribution in [0.4, 0.5) is 17.3 Å². The topological polar surface area (TPSA) is 112 Å². The van der Waals surface area contributed by atoms with Gasteiger partial charge in [0.1, 0.15) is 17.1 Å². The maximum absolute atomic E-state index is 12.6. The normalized spacial score (nSPS) is 11.0. The molecule has 0 fully saturated rings. The maximum Gasteiger partial charge on any atom is 0.255 e. The van der Waals surface area contributed by atoms with Gasteiger partial charge in [-0.2, -0.15) is 10.2 Å². The molecule has 170 valence electrons. The Hall–Kier alpha value is -3.92. The fraction of sp³-hybridized carbons (Fsp3) is 0.227. The van der Waals surface area contributed by atoms with E-state index in [0.29, 0.717) is 45.0 Å². The Labute approximate surface area is 195 Å². The van der Waals surface area contributed by atoms with E-state index in [1.165, 1.54) is 13.3 Å². The highest BCUT2D eigenvalue weighted by Crippen LogP contribution is 2.30. The van der Waals surface area contributed by atoms with Crippen LogP contribution in [-0.4, -0.2) is 42.5 Å². The molecule has 0 saturated carbocycles. The first-order valence-electron chi connectivity index (χ1n) is 10.2. The van der Waals surface area contributed by atoms with Crippen molar-refractivity contribution in [1.29, 1.82) is 0 Å². The van der Waals surface area contributed by atoms with Gasteiger partial charge in [-0.25, -0.2) is 9.97 Å². The molecule has 0 bridgehead atoms. The Morgan fingerprint density at radius 3 is 2.70 bits per heavy atom. The molecule has 33 heavy (non-hydrogen) atoms. The molecule has 0 radical (unpaired) electrons. The van der Waals surface area contributed by atoms with Gasteiger partial charge in [0.25, 0.3) is 5.91 Å². The van der Waals surface area contributed by atoms with Crippen LogP contribution in [-0.2, 0) is 7.05 Å². The maximum atomic E-state index is 12.6. The monoisotopic (exact) mass is 466 g/mol. The Morgan fingerprint density at radius 1 is 1.21 bits per heavy atom. The zero-order chi connectivity index (χ0) is 23.5. The lowest BCUT2D eigenvalue weighted by Gasteiger charge is -2.12. The first kappa shape index (κ1) is 22.3. The van der Waals surface area contributed by atoms with Gasteiger partial charge < -0.3 is 15.4 Å². The van der Waals surface area contributed by atoms with Gasteiger partial charge >= 0.3 is 0 Å². The lowest BCUT2D eigenvalue weighted by Crippen LogP contribution is -2.12. The molecule has 4 aromatic rings. The number of nitrogens with zero attached hydrogens (tertiary/aromatic N) is 6. The number of benzene rings is 1. The first-order chi connectivity index (χ1) is 15.8. The third-order valence-corrected chi connectivity index (χ3v) is 5.07. The minimum Gasteiger partial charge on any atom is -0.495 e. The molecule has 0 aliphatic rings. The molecule has 0 unspecified atom stereocenters. The van der Waals surface area contributed by atoms with Crippen LogP contribution in [0.3, 0.4) is 0 Å². The highest BCUT2D eigenvalue weighted by Gasteiger charge is 2.15. The highest BCUT2D eigenvalue weighted by molar-refractivity contribution is 6.32. The quantitative estimate of drug-likeness (QED) is 0.417. The van der Waals surface area contributed by atoms with E-state index in [0.717, 1.165) is 0 Å². The molecule has 3 heterocycles. The van der Waals surface area contributed by atoms with Crippen LogP contribution in [0, 0.1) is 0 Å². The van der Waals surface area contributed by atoms with Gasteiger partial charge in [0, 0.05) is 31.0 Å². The van der Waals surface area contributed by atoms with E-state index in [2.05, 4.69) is 30.8 Å². The van der Waals surface area contributed by atoms with Crippen molar-refractivity contribution in [2.24, 2.45) is 7.05 Å². The molecule has 0 spiro atoms. The molecule has 1 aromatic carbocycles.